The molecule has 0 aromatic heterocycles. The Balaban J connectivity index is 1.62. The molecule has 0 fully saturated rings. The van der Waals surface area contributed by atoms with Crippen LogP contribution in [-0.4, -0.2) is 29.9 Å². The molecule has 0 saturated carbocycles. The molecule has 4 rings (SSSR count). The summed E-state index contributed by atoms with van der Waals surface area (Å²) in [6.45, 7) is 0.589. The Hall–Kier alpha value is -3.80. The lowest BCUT2D eigenvalue weighted by atomic mass is 10.0. The maximum atomic E-state index is 13.8. The van der Waals surface area contributed by atoms with Crippen molar-refractivity contribution in [2.45, 2.75) is 32.0 Å². The molecule has 0 radical (unpaired) electrons. The van der Waals surface area contributed by atoms with Crippen molar-refractivity contribution in [2.24, 2.45) is 0 Å². The highest BCUT2D eigenvalue weighted by Gasteiger charge is 2.30. The fourth-order valence-corrected chi connectivity index (χ4v) is 4.52. The third kappa shape index (κ3) is 8.34. The lowest BCUT2D eigenvalue weighted by molar-refractivity contribution is -0.140. The molecular formula is C32H30Cl2N2O3. The number of hydrogen-bond acceptors (Lipinski definition) is 3. The van der Waals surface area contributed by atoms with Crippen molar-refractivity contribution in [1.82, 2.24) is 10.2 Å². The maximum absolute atomic E-state index is 13.8. The topological polar surface area (TPSA) is 58.6 Å². The van der Waals surface area contributed by atoms with Crippen molar-refractivity contribution >= 4 is 35.0 Å². The Morgan fingerprint density at radius 1 is 0.744 bits per heavy atom. The van der Waals surface area contributed by atoms with Gasteiger partial charge >= 0.3 is 0 Å². The Bertz CT molecular complexity index is 1360. The van der Waals surface area contributed by atoms with E-state index in [1.807, 2.05) is 78.9 Å². The number of ether oxygens (including phenoxy) is 1. The molecule has 1 atom stereocenters. The number of carbonyl (C=O) groups is 2. The van der Waals surface area contributed by atoms with Gasteiger partial charge in [0.1, 0.15) is 11.8 Å². The van der Waals surface area contributed by atoms with Crippen LogP contribution in [0.25, 0.3) is 0 Å². The van der Waals surface area contributed by atoms with Crippen LogP contribution in [-0.2, 0) is 35.5 Å². The van der Waals surface area contributed by atoms with E-state index in [1.165, 1.54) is 0 Å². The zero-order chi connectivity index (χ0) is 27.6. The first-order valence-electron chi connectivity index (χ1n) is 12.6. The monoisotopic (exact) mass is 560 g/mol. The standard InChI is InChI=1S/C32H30Cl2N2O3/c1-39-29-17-11-25(12-18-29)21-35-32(38)30(19-23-5-3-2-4-6-23)36(22-26-9-15-28(34)16-10-26)31(37)20-24-7-13-27(33)14-8-24/h2-18,30H,19-22H2,1H3,(H,35,38). The highest BCUT2D eigenvalue weighted by atomic mass is 35.5. The summed E-state index contributed by atoms with van der Waals surface area (Å²) in [6.07, 6.45) is 0.511. The number of hydrogen-bond donors (Lipinski definition) is 1. The quantitative estimate of drug-likeness (QED) is 0.228. The van der Waals surface area contributed by atoms with Gasteiger partial charge in [-0.3, -0.25) is 9.59 Å². The van der Waals surface area contributed by atoms with Crippen LogP contribution in [0, 0.1) is 0 Å². The molecule has 0 saturated heterocycles. The molecule has 5 nitrogen and oxygen atoms in total. The molecule has 1 unspecified atom stereocenters. The molecule has 1 N–H and O–H groups in total. The number of nitrogens with one attached hydrogen (secondary N) is 1. The molecule has 4 aromatic carbocycles. The minimum absolute atomic E-state index is 0.141. The number of methoxy groups -OCH3 is 1. The molecule has 0 aliphatic heterocycles. The van der Waals surface area contributed by atoms with Gasteiger partial charge in [0.2, 0.25) is 11.8 Å². The molecule has 39 heavy (non-hydrogen) atoms. The van der Waals surface area contributed by atoms with E-state index in [0.29, 0.717) is 23.0 Å². The molecule has 0 bridgehead atoms. The van der Waals surface area contributed by atoms with E-state index in [2.05, 4.69) is 5.32 Å². The van der Waals surface area contributed by atoms with Gasteiger partial charge < -0.3 is 15.0 Å². The van der Waals surface area contributed by atoms with Gasteiger partial charge in [-0.2, -0.15) is 0 Å². The molecule has 4 aromatic rings. The minimum atomic E-state index is -0.735. The minimum Gasteiger partial charge on any atom is -0.497 e. The average molecular weight is 562 g/mol. The number of carbonyl (C=O) groups excluding carboxylic acids is 2. The lowest BCUT2D eigenvalue weighted by Gasteiger charge is -2.32. The molecule has 200 valence electrons. The normalized spacial score (nSPS) is 11.5. The summed E-state index contributed by atoms with van der Waals surface area (Å²) < 4.78 is 5.23. The number of rotatable bonds is 11. The van der Waals surface area contributed by atoms with Gasteiger partial charge in [0.15, 0.2) is 0 Å². The Morgan fingerprint density at radius 3 is 1.90 bits per heavy atom. The van der Waals surface area contributed by atoms with Crippen LogP contribution in [0.3, 0.4) is 0 Å². The molecule has 0 heterocycles. The fourth-order valence-electron chi connectivity index (χ4n) is 4.27. The van der Waals surface area contributed by atoms with E-state index >= 15 is 0 Å². The summed E-state index contributed by atoms with van der Waals surface area (Å²) in [5.41, 5.74) is 3.59. The number of nitrogens with zero attached hydrogens (tertiary/aromatic N) is 1. The average Bonchev–Trinajstić information content (AvgIpc) is 2.96. The predicted molar refractivity (Wildman–Crippen MR) is 156 cm³/mol. The van der Waals surface area contributed by atoms with Gasteiger partial charge in [-0.15, -0.1) is 0 Å². The molecule has 7 heteroatoms. The summed E-state index contributed by atoms with van der Waals surface area (Å²) in [5.74, 6) is 0.356. The first-order valence-corrected chi connectivity index (χ1v) is 13.4. The lowest BCUT2D eigenvalue weighted by Crippen LogP contribution is -2.50. The Labute approximate surface area is 239 Å². The van der Waals surface area contributed by atoms with Crippen molar-refractivity contribution in [3.05, 3.63) is 135 Å². The predicted octanol–water partition coefficient (Wildman–Crippen LogP) is 6.50. The van der Waals surface area contributed by atoms with E-state index in [4.69, 9.17) is 27.9 Å². The van der Waals surface area contributed by atoms with Gasteiger partial charge in [-0.05, 0) is 58.7 Å². The SMILES string of the molecule is COc1ccc(CNC(=O)C(Cc2ccccc2)N(Cc2ccc(Cl)cc2)C(=O)Cc2ccc(Cl)cc2)cc1. The largest absolute Gasteiger partial charge is 0.497 e. The Kier molecular flexibility index (Phi) is 10.0. The maximum Gasteiger partial charge on any atom is 0.243 e. The van der Waals surface area contributed by atoms with Crippen LogP contribution in [0.5, 0.6) is 5.75 Å². The van der Waals surface area contributed by atoms with Gasteiger partial charge in [0.25, 0.3) is 0 Å². The smallest absolute Gasteiger partial charge is 0.243 e. The van der Waals surface area contributed by atoms with Gasteiger partial charge in [-0.1, -0.05) is 89.9 Å². The summed E-state index contributed by atoms with van der Waals surface area (Å²) in [7, 11) is 1.61. The van der Waals surface area contributed by atoms with Crippen molar-refractivity contribution in [3.8, 4) is 5.75 Å². The third-order valence-electron chi connectivity index (χ3n) is 6.43. The van der Waals surface area contributed by atoms with Crippen LogP contribution >= 0.6 is 23.2 Å². The molecule has 0 aliphatic rings. The van der Waals surface area contributed by atoms with Gasteiger partial charge in [0.05, 0.1) is 13.5 Å². The zero-order valence-corrected chi connectivity index (χ0v) is 23.2. The number of benzene rings is 4. The van der Waals surface area contributed by atoms with E-state index in [1.54, 1.807) is 36.3 Å². The second kappa shape index (κ2) is 13.8. The highest BCUT2D eigenvalue weighted by molar-refractivity contribution is 6.30. The van der Waals surface area contributed by atoms with Crippen LogP contribution in [0.15, 0.2) is 103 Å². The van der Waals surface area contributed by atoms with Crippen LogP contribution in [0.4, 0.5) is 0 Å². The summed E-state index contributed by atoms with van der Waals surface area (Å²) in [6, 6.07) is 31.0. The van der Waals surface area contributed by atoms with Crippen molar-refractivity contribution in [2.75, 3.05) is 7.11 Å². The third-order valence-corrected chi connectivity index (χ3v) is 6.94. The van der Waals surface area contributed by atoms with Crippen molar-refractivity contribution < 1.29 is 14.3 Å². The van der Waals surface area contributed by atoms with E-state index in [9.17, 15) is 9.59 Å². The van der Waals surface area contributed by atoms with Crippen LogP contribution in [0.2, 0.25) is 10.0 Å². The van der Waals surface area contributed by atoms with Gasteiger partial charge in [0, 0.05) is 29.6 Å². The van der Waals surface area contributed by atoms with Crippen LogP contribution < -0.4 is 10.1 Å². The van der Waals surface area contributed by atoms with E-state index in [0.717, 1.165) is 28.0 Å². The van der Waals surface area contributed by atoms with Crippen molar-refractivity contribution in [3.63, 3.8) is 0 Å². The molecule has 0 spiro atoms. The first kappa shape index (κ1) is 28.2. The van der Waals surface area contributed by atoms with E-state index in [-0.39, 0.29) is 24.8 Å². The van der Waals surface area contributed by atoms with Crippen LogP contribution in [0.1, 0.15) is 22.3 Å². The first-order chi connectivity index (χ1) is 18.9. The van der Waals surface area contributed by atoms with Crippen molar-refractivity contribution in [1.29, 1.82) is 0 Å². The second-order valence-corrected chi connectivity index (χ2v) is 10.1. The molecular weight excluding hydrogens is 531 g/mol. The number of halogens is 2. The Morgan fingerprint density at radius 2 is 1.31 bits per heavy atom. The second-order valence-electron chi connectivity index (χ2n) is 9.22. The molecule has 0 aliphatic carbocycles. The van der Waals surface area contributed by atoms with E-state index < -0.39 is 6.04 Å². The summed E-state index contributed by atoms with van der Waals surface area (Å²) in [5, 5.41) is 4.25. The molecule has 2 amide bonds. The summed E-state index contributed by atoms with van der Waals surface area (Å²) >= 11 is 12.2. The van der Waals surface area contributed by atoms with Gasteiger partial charge in [-0.25, -0.2) is 0 Å². The fraction of sp³-hybridized carbons (Fsp3) is 0.188. The number of amides is 2. The zero-order valence-electron chi connectivity index (χ0n) is 21.6. The summed E-state index contributed by atoms with van der Waals surface area (Å²) in [4.78, 5) is 29.2. The highest BCUT2D eigenvalue weighted by Crippen LogP contribution is 2.19.